The summed E-state index contributed by atoms with van der Waals surface area (Å²) in [6.45, 7) is -0.260. The van der Waals surface area contributed by atoms with Crippen LogP contribution in [0.25, 0.3) is 0 Å². The molecular formula is C3H8ClNO2. The number of rotatable bonds is 2. The summed E-state index contributed by atoms with van der Waals surface area (Å²) in [5.74, 6) is 0. The first-order chi connectivity index (χ1) is 2.81. The molecule has 0 amide bonds. The van der Waals surface area contributed by atoms with Crippen LogP contribution >= 0.6 is 12.4 Å². The zero-order chi connectivity index (χ0) is 4.99. The molecule has 0 rings (SSSR count). The van der Waals surface area contributed by atoms with Gasteiger partial charge in [-0.2, -0.15) is 0 Å². The Morgan fingerprint density at radius 2 is 2.29 bits per heavy atom. The second-order valence-electron chi connectivity index (χ2n) is 0.983. The largest absolute Gasteiger partial charge is 0.394 e. The number of aldehydes is 1. The van der Waals surface area contributed by atoms with Crippen molar-refractivity contribution < 1.29 is 9.90 Å². The van der Waals surface area contributed by atoms with Crippen LogP contribution in [-0.2, 0) is 4.79 Å². The molecule has 0 saturated heterocycles. The molecule has 0 unspecified atom stereocenters. The topological polar surface area (TPSA) is 63.3 Å². The smallest absolute Gasteiger partial charge is 0.139 e. The Morgan fingerprint density at radius 3 is 2.29 bits per heavy atom. The van der Waals surface area contributed by atoms with Crippen LogP contribution in [0.3, 0.4) is 0 Å². The van der Waals surface area contributed by atoms with Crippen LogP contribution < -0.4 is 5.73 Å². The van der Waals surface area contributed by atoms with Crippen molar-refractivity contribution in [1.29, 1.82) is 0 Å². The Hall–Kier alpha value is -0.120. The SMILES string of the molecule is Cl.N[C@@H](C=O)CO. The van der Waals surface area contributed by atoms with E-state index in [9.17, 15) is 4.79 Å². The fourth-order valence-electron chi connectivity index (χ4n) is 0.0430. The van der Waals surface area contributed by atoms with Gasteiger partial charge in [0.05, 0.1) is 12.6 Å². The zero-order valence-electron chi connectivity index (χ0n) is 3.70. The maximum atomic E-state index is 9.45. The molecule has 0 radical (unpaired) electrons. The van der Waals surface area contributed by atoms with Crippen molar-refractivity contribution in [3.63, 3.8) is 0 Å². The highest BCUT2D eigenvalue weighted by atomic mass is 35.5. The maximum absolute atomic E-state index is 9.45. The van der Waals surface area contributed by atoms with E-state index in [1.807, 2.05) is 0 Å². The summed E-state index contributed by atoms with van der Waals surface area (Å²) in [6, 6.07) is -0.690. The first-order valence-electron chi connectivity index (χ1n) is 1.63. The number of hydrogen-bond acceptors (Lipinski definition) is 3. The molecule has 0 saturated carbocycles. The first-order valence-corrected chi connectivity index (χ1v) is 1.63. The number of halogens is 1. The van der Waals surface area contributed by atoms with Crippen LogP contribution in [0, 0.1) is 0 Å². The van der Waals surface area contributed by atoms with Gasteiger partial charge in [-0.1, -0.05) is 0 Å². The van der Waals surface area contributed by atoms with Crippen LogP contribution in [-0.4, -0.2) is 24.0 Å². The van der Waals surface area contributed by atoms with E-state index in [1.165, 1.54) is 0 Å². The monoisotopic (exact) mass is 125 g/mol. The molecule has 0 aromatic carbocycles. The quantitative estimate of drug-likeness (QED) is 0.462. The van der Waals surface area contributed by atoms with Crippen LogP contribution in [0.1, 0.15) is 0 Å². The molecule has 0 aliphatic heterocycles. The molecule has 0 aromatic rings. The van der Waals surface area contributed by atoms with Gasteiger partial charge < -0.3 is 15.6 Å². The molecule has 0 fully saturated rings. The average Bonchev–Trinajstić information content (AvgIpc) is 1.65. The summed E-state index contributed by atoms with van der Waals surface area (Å²) in [7, 11) is 0. The molecular weight excluding hydrogens is 117 g/mol. The predicted molar refractivity (Wildman–Crippen MR) is 28.4 cm³/mol. The van der Waals surface area contributed by atoms with E-state index >= 15 is 0 Å². The van der Waals surface area contributed by atoms with Crippen molar-refractivity contribution >= 4 is 18.7 Å². The number of aliphatic hydroxyl groups excluding tert-OH is 1. The standard InChI is InChI=1S/C3H7NO2.ClH/c4-3(1-5)2-6;/h1,3,6H,2,4H2;1H/t3-;/m0./s1. The normalized spacial score (nSPS) is 11.7. The highest BCUT2D eigenvalue weighted by Crippen LogP contribution is 1.60. The van der Waals surface area contributed by atoms with Crippen molar-refractivity contribution in [2.75, 3.05) is 6.61 Å². The van der Waals surface area contributed by atoms with Gasteiger partial charge in [-0.05, 0) is 0 Å². The summed E-state index contributed by atoms with van der Waals surface area (Å²) in [6.07, 6.45) is 0.500. The van der Waals surface area contributed by atoms with E-state index in [1.54, 1.807) is 0 Å². The lowest BCUT2D eigenvalue weighted by atomic mass is 10.4. The Morgan fingerprint density at radius 1 is 1.86 bits per heavy atom. The summed E-state index contributed by atoms with van der Waals surface area (Å²) < 4.78 is 0. The van der Waals surface area contributed by atoms with Gasteiger partial charge in [0.2, 0.25) is 0 Å². The van der Waals surface area contributed by atoms with Crippen molar-refractivity contribution in [2.45, 2.75) is 6.04 Å². The molecule has 0 aliphatic carbocycles. The molecule has 7 heavy (non-hydrogen) atoms. The second kappa shape index (κ2) is 5.88. The fourth-order valence-corrected chi connectivity index (χ4v) is 0.0430. The van der Waals surface area contributed by atoms with E-state index in [4.69, 9.17) is 10.8 Å². The third kappa shape index (κ3) is 5.88. The Kier molecular flexibility index (Phi) is 8.39. The summed E-state index contributed by atoms with van der Waals surface area (Å²) >= 11 is 0. The predicted octanol–water partition coefficient (Wildman–Crippen LogP) is -1.07. The van der Waals surface area contributed by atoms with Gasteiger partial charge in [-0.15, -0.1) is 12.4 Å². The highest BCUT2D eigenvalue weighted by molar-refractivity contribution is 5.85. The number of aliphatic hydroxyl groups is 1. The number of carbonyl (C=O) groups is 1. The van der Waals surface area contributed by atoms with Gasteiger partial charge in [0, 0.05) is 0 Å². The van der Waals surface area contributed by atoms with Gasteiger partial charge in [-0.3, -0.25) is 0 Å². The van der Waals surface area contributed by atoms with E-state index in [2.05, 4.69) is 0 Å². The molecule has 0 bridgehead atoms. The number of carbonyl (C=O) groups excluding carboxylic acids is 1. The van der Waals surface area contributed by atoms with Crippen molar-refractivity contribution in [3.8, 4) is 0 Å². The van der Waals surface area contributed by atoms with Gasteiger partial charge >= 0.3 is 0 Å². The average molecular weight is 126 g/mol. The molecule has 0 aliphatic rings. The molecule has 44 valence electrons. The Labute approximate surface area is 47.9 Å². The van der Waals surface area contributed by atoms with Gasteiger partial charge in [0.25, 0.3) is 0 Å². The van der Waals surface area contributed by atoms with Crippen LogP contribution in [0.15, 0.2) is 0 Å². The zero-order valence-corrected chi connectivity index (χ0v) is 4.52. The molecule has 0 aromatic heterocycles. The molecule has 0 spiro atoms. The summed E-state index contributed by atoms with van der Waals surface area (Å²) in [4.78, 5) is 9.45. The minimum atomic E-state index is -0.690. The lowest BCUT2D eigenvalue weighted by Gasteiger charge is -1.90. The van der Waals surface area contributed by atoms with Gasteiger partial charge in [-0.25, -0.2) is 0 Å². The molecule has 4 heteroatoms. The molecule has 1 atom stereocenters. The lowest BCUT2D eigenvalue weighted by Crippen LogP contribution is -2.25. The molecule has 0 heterocycles. The summed E-state index contributed by atoms with van der Waals surface area (Å²) in [5, 5.41) is 7.98. The fraction of sp³-hybridized carbons (Fsp3) is 0.667. The highest BCUT2D eigenvalue weighted by Gasteiger charge is 1.90. The minimum Gasteiger partial charge on any atom is -0.394 e. The molecule has 3 N–H and O–H groups in total. The second-order valence-corrected chi connectivity index (χ2v) is 0.983. The van der Waals surface area contributed by atoms with E-state index < -0.39 is 6.04 Å². The van der Waals surface area contributed by atoms with E-state index in [0.29, 0.717) is 6.29 Å². The lowest BCUT2D eigenvalue weighted by molar-refractivity contribution is -0.109. The third-order valence-corrected chi connectivity index (χ3v) is 0.386. The van der Waals surface area contributed by atoms with Crippen molar-refractivity contribution in [3.05, 3.63) is 0 Å². The minimum absolute atomic E-state index is 0. The van der Waals surface area contributed by atoms with Crippen LogP contribution in [0.2, 0.25) is 0 Å². The van der Waals surface area contributed by atoms with E-state index in [-0.39, 0.29) is 19.0 Å². The van der Waals surface area contributed by atoms with Gasteiger partial charge in [0.1, 0.15) is 6.29 Å². The van der Waals surface area contributed by atoms with Crippen molar-refractivity contribution in [2.24, 2.45) is 5.73 Å². The third-order valence-electron chi connectivity index (χ3n) is 0.386. The van der Waals surface area contributed by atoms with Crippen LogP contribution in [0.4, 0.5) is 0 Å². The molecule has 3 nitrogen and oxygen atoms in total. The number of hydrogen-bond donors (Lipinski definition) is 2. The Bertz CT molecular complexity index is 50.2. The maximum Gasteiger partial charge on any atom is 0.139 e. The van der Waals surface area contributed by atoms with Crippen molar-refractivity contribution in [1.82, 2.24) is 0 Å². The summed E-state index contributed by atoms with van der Waals surface area (Å²) in [5.41, 5.74) is 4.85. The van der Waals surface area contributed by atoms with E-state index in [0.717, 1.165) is 0 Å². The van der Waals surface area contributed by atoms with Gasteiger partial charge in [0.15, 0.2) is 0 Å². The first kappa shape index (κ1) is 9.99. The van der Waals surface area contributed by atoms with Crippen LogP contribution in [0.5, 0.6) is 0 Å². The Balaban J connectivity index is 0. The number of nitrogens with two attached hydrogens (primary N) is 1.